The summed E-state index contributed by atoms with van der Waals surface area (Å²) < 4.78 is 5.37. The third kappa shape index (κ3) is 2.80. The number of nitrogens with zero attached hydrogens (tertiary/aromatic N) is 4. The molecule has 0 spiro atoms. The van der Waals surface area contributed by atoms with Crippen molar-refractivity contribution in [3.05, 3.63) is 11.7 Å². The molecule has 6 heteroatoms. The molecule has 4 heterocycles. The summed E-state index contributed by atoms with van der Waals surface area (Å²) in [6.07, 6.45) is 1.85. The number of hydrogen-bond donors (Lipinski definition) is 1. The molecule has 2 atom stereocenters. The molecule has 0 aromatic carbocycles. The number of aryl methyl sites for hydroxylation is 1. The lowest BCUT2D eigenvalue weighted by molar-refractivity contribution is 0.00781. The van der Waals surface area contributed by atoms with Crippen molar-refractivity contribution in [1.82, 2.24) is 19.9 Å². The van der Waals surface area contributed by atoms with E-state index in [1.165, 1.54) is 13.1 Å². The van der Waals surface area contributed by atoms with Gasteiger partial charge in [-0.2, -0.15) is 4.98 Å². The standard InChI is InChI=1S/C13H23N5O/c1-10(8-14)2-3-12-15-13(16-19-12)11-9-17-4-6-18(11)7-5-17/h10-11H,2-9,14H2,1H3. The summed E-state index contributed by atoms with van der Waals surface area (Å²) in [6, 6.07) is 0.326. The van der Waals surface area contributed by atoms with Crippen LogP contribution in [0.2, 0.25) is 0 Å². The summed E-state index contributed by atoms with van der Waals surface area (Å²) in [6.45, 7) is 8.50. The molecule has 0 radical (unpaired) electrons. The molecule has 3 aliphatic heterocycles. The topological polar surface area (TPSA) is 71.4 Å². The van der Waals surface area contributed by atoms with Gasteiger partial charge in [0.25, 0.3) is 0 Å². The van der Waals surface area contributed by atoms with Crippen molar-refractivity contribution < 1.29 is 4.52 Å². The van der Waals surface area contributed by atoms with Gasteiger partial charge in [0.2, 0.25) is 5.89 Å². The highest BCUT2D eigenvalue weighted by atomic mass is 16.5. The lowest BCUT2D eigenvalue weighted by Crippen LogP contribution is -2.57. The highest BCUT2D eigenvalue weighted by molar-refractivity contribution is 5.01. The molecule has 2 unspecified atom stereocenters. The third-order valence-corrected chi connectivity index (χ3v) is 4.31. The number of piperazine rings is 3. The molecule has 4 rings (SSSR count). The van der Waals surface area contributed by atoms with Gasteiger partial charge < -0.3 is 10.3 Å². The molecule has 1 aromatic heterocycles. The molecule has 106 valence electrons. The first-order chi connectivity index (χ1) is 9.26. The van der Waals surface area contributed by atoms with Crippen molar-refractivity contribution in [2.75, 3.05) is 39.3 Å². The Morgan fingerprint density at radius 1 is 1.37 bits per heavy atom. The Morgan fingerprint density at radius 2 is 2.16 bits per heavy atom. The SMILES string of the molecule is CC(CN)CCc1nc(C2CN3CCN2CC3)no1. The van der Waals surface area contributed by atoms with E-state index in [4.69, 9.17) is 10.3 Å². The number of aromatic nitrogens is 2. The quantitative estimate of drug-likeness (QED) is 0.824. The summed E-state index contributed by atoms with van der Waals surface area (Å²) in [5.74, 6) is 2.13. The Labute approximate surface area is 113 Å². The van der Waals surface area contributed by atoms with Crippen LogP contribution in [0.1, 0.15) is 31.1 Å². The number of rotatable bonds is 5. The monoisotopic (exact) mass is 265 g/mol. The molecule has 0 aliphatic carbocycles. The maximum atomic E-state index is 5.62. The maximum absolute atomic E-state index is 5.62. The van der Waals surface area contributed by atoms with Gasteiger partial charge >= 0.3 is 0 Å². The fourth-order valence-electron chi connectivity index (χ4n) is 2.86. The van der Waals surface area contributed by atoms with E-state index in [0.29, 0.717) is 18.5 Å². The second-order valence-electron chi connectivity index (χ2n) is 5.78. The Hall–Kier alpha value is -0.980. The fraction of sp³-hybridized carbons (Fsp3) is 0.846. The van der Waals surface area contributed by atoms with Crippen molar-refractivity contribution in [2.24, 2.45) is 11.7 Å². The van der Waals surface area contributed by atoms with Gasteiger partial charge in [-0.3, -0.25) is 9.80 Å². The molecule has 1 aromatic rings. The lowest BCUT2D eigenvalue weighted by atomic mass is 10.1. The van der Waals surface area contributed by atoms with Crippen LogP contribution in [0.5, 0.6) is 0 Å². The van der Waals surface area contributed by atoms with Crippen LogP contribution < -0.4 is 5.73 Å². The molecule has 0 saturated carbocycles. The molecule has 0 amide bonds. The molecule has 2 bridgehead atoms. The van der Waals surface area contributed by atoms with Crippen LogP contribution in [0.3, 0.4) is 0 Å². The van der Waals surface area contributed by atoms with Gasteiger partial charge in [-0.25, -0.2) is 0 Å². The molecule has 19 heavy (non-hydrogen) atoms. The van der Waals surface area contributed by atoms with Crippen LogP contribution in [0, 0.1) is 5.92 Å². The summed E-state index contributed by atoms with van der Waals surface area (Å²) in [5.41, 5.74) is 5.62. The van der Waals surface area contributed by atoms with Gasteiger partial charge in [-0.15, -0.1) is 0 Å². The van der Waals surface area contributed by atoms with Crippen molar-refractivity contribution in [3.63, 3.8) is 0 Å². The van der Waals surface area contributed by atoms with E-state index in [1.807, 2.05) is 0 Å². The van der Waals surface area contributed by atoms with Crippen LogP contribution in [0.25, 0.3) is 0 Å². The van der Waals surface area contributed by atoms with Crippen LogP contribution in [-0.2, 0) is 6.42 Å². The summed E-state index contributed by atoms with van der Waals surface area (Å²) in [5, 5.41) is 4.18. The van der Waals surface area contributed by atoms with Crippen LogP contribution in [-0.4, -0.2) is 59.2 Å². The first-order valence-corrected chi connectivity index (χ1v) is 7.25. The van der Waals surface area contributed by atoms with Crippen molar-refractivity contribution in [2.45, 2.75) is 25.8 Å². The number of nitrogens with two attached hydrogens (primary N) is 1. The third-order valence-electron chi connectivity index (χ3n) is 4.31. The average Bonchev–Trinajstić information content (AvgIpc) is 2.94. The predicted molar refractivity (Wildman–Crippen MR) is 71.6 cm³/mol. The number of fused-ring (bicyclic) bond motifs is 3. The first-order valence-electron chi connectivity index (χ1n) is 7.25. The van der Waals surface area contributed by atoms with Crippen LogP contribution in [0.15, 0.2) is 4.52 Å². The lowest BCUT2D eigenvalue weighted by Gasteiger charge is -2.46. The van der Waals surface area contributed by atoms with Gasteiger partial charge in [0.1, 0.15) is 0 Å². The van der Waals surface area contributed by atoms with Gasteiger partial charge in [-0.1, -0.05) is 12.1 Å². The molecule has 2 N–H and O–H groups in total. The largest absolute Gasteiger partial charge is 0.339 e. The molecular weight excluding hydrogens is 242 g/mol. The van der Waals surface area contributed by atoms with E-state index >= 15 is 0 Å². The summed E-state index contributed by atoms with van der Waals surface area (Å²) in [4.78, 5) is 9.52. The van der Waals surface area contributed by atoms with Crippen molar-refractivity contribution in [3.8, 4) is 0 Å². The minimum absolute atomic E-state index is 0.326. The Bertz CT molecular complexity index is 413. The minimum Gasteiger partial charge on any atom is -0.339 e. The van der Waals surface area contributed by atoms with E-state index in [0.717, 1.165) is 44.2 Å². The Morgan fingerprint density at radius 3 is 2.79 bits per heavy atom. The molecule has 6 nitrogen and oxygen atoms in total. The highest BCUT2D eigenvalue weighted by Gasteiger charge is 2.35. The smallest absolute Gasteiger partial charge is 0.226 e. The van der Waals surface area contributed by atoms with Gasteiger partial charge in [-0.05, 0) is 18.9 Å². The average molecular weight is 265 g/mol. The minimum atomic E-state index is 0.326. The van der Waals surface area contributed by atoms with Crippen molar-refractivity contribution in [1.29, 1.82) is 0 Å². The van der Waals surface area contributed by atoms with Gasteiger partial charge in [0.05, 0.1) is 6.04 Å². The normalized spacial score (nSPS) is 31.6. The predicted octanol–water partition coefficient (Wildman–Crippen LogP) is 0.269. The van der Waals surface area contributed by atoms with E-state index in [-0.39, 0.29) is 0 Å². The van der Waals surface area contributed by atoms with E-state index < -0.39 is 0 Å². The molecule has 3 aliphatic rings. The zero-order valence-electron chi connectivity index (χ0n) is 11.6. The second-order valence-corrected chi connectivity index (χ2v) is 5.78. The molecular formula is C13H23N5O. The zero-order valence-corrected chi connectivity index (χ0v) is 11.6. The van der Waals surface area contributed by atoms with E-state index in [1.54, 1.807) is 0 Å². The zero-order chi connectivity index (χ0) is 13.2. The first kappa shape index (κ1) is 13.0. The van der Waals surface area contributed by atoms with Crippen molar-refractivity contribution >= 4 is 0 Å². The van der Waals surface area contributed by atoms with Gasteiger partial charge in [0, 0.05) is 39.1 Å². The maximum Gasteiger partial charge on any atom is 0.226 e. The van der Waals surface area contributed by atoms with E-state index in [9.17, 15) is 0 Å². The number of hydrogen-bond acceptors (Lipinski definition) is 6. The van der Waals surface area contributed by atoms with Crippen LogP contribution in [0.4, 0.5) is 0 Å². The Balaban J connectivity index is 1.61. The second kappa shape index (κ2) is 5.56. The van der Waals surface area contributed by atoms with E-state index in [2.05, 4.69) is 26.9 Å². The summed E-state index contributed by atoms with van der Waals surface area (Å²) in [7, 11) is 0. The Kier molecular flexibility index (Phi) is 3.81. The van der Waals surface area contributed by atoms with Crippen LogP contribution >= 0.6 is 0 Å². The van der Waals surface area contributed by atoms with Gasteiger partial charge in [0.15, 0.2) is 5.82 Å². The molecule has 3 saturated heterocycles. The fourth-order valence-corrected chi connectivity index (χ4v) is 2.86. The highest BCUT2D eigenvalue weighted by Crippen LogP contribution is 2.26. The summed E-state index contributed by atoms with van der Waals surface area (Å²) >= 11 is 0. The molecule has 3 fully saturated rings.